The van der Waals surface area contributed by atoms with Crippen molar-refractivity contribution in [3.8, 4) is 0 Å². The van der Waals surface area contributed by atoms with Crippen molar-refractivity contribution in [3.63, 3.8) is 0 Å². The molecule has 6 N–H and O–H groups in total. The summed E-state index contributed by atoms with van der Waals surface area (Å²) in [6, 6.07) is 9.16. The van der Waals surface area contributed by atoms with E-state index in [4.69, 9.17) is 0 Å². The van der Waals surface area contributed by atoms with Crippen molar-refractivity contribution < 1.29 is 40.1 Å². The predicted molar refractivity (Wildman–Crippen MR) is 173 cm³/mol. The van der Waals surface area contributed by atoms with Crippen LogP contribution in [0, 0.1) is 0 Å². The lowest BCUT2D eigenvalue weighted by molar-refractivity contribution is -0.415. The quantitative estimate of drug-likeness (QED) is 0.181. The van der Waals surface area contributed by atoms with Crippen molar-refractivity contribution in [1.29, 1.82) is 0 Å². The van der Waals surface area contributed by atoms with Crippen molar-refractivity contribution in [2.75, 3.05) is 41.4 Å². The van der Waals surface area contributed by atoms with Gasteiger partial charge in [-0.1, -0.05) is 19.9 Å². The summed E-state index contributed by atoms with van der Waals surface area (Å²) < 4.78 is 69.3. The van der Waals surface area contributed by atoms with Crippen LogP contribution in [0.5, 0.6) is 0 Å². The highest BCUT2D eigenvalue weighted by atomic mass is 32.2. The van der Waals surface area contributed by atoms with Gasteiger partial charge in [0.25, 0.3) is 16.0 Å². The zero-order valence-corrected chi connectivity index (χ0v) is 27.3. The molecule has 0 saturated heterocycles. The summed E-state index contributed by atoms with van der Waals surface area (Å²) in [6.07, 6.45) is 4.99. The number of nitrogens with one attached hydrogen (secondary N) is 4. The summed E-state index contributed by atoms with van der Waals surface area (Å²) in [5.41, 5.74) is 2.84. The third-order valence-electron chi connectivity index (χ3n) is 7.85. The number of amides is 4. The summed E-state index contributed by atoms with van der Waals surface area (Å²) in [6.45, 7) is 7.47. The van der Waals surface area contributed by atoms with Crippen LogP contribution in [0.2, 0.25) is 0 Å². The number of urea groups is 2. The second-order valence-corrected chi connectivity index (χ2v) is 14.5. The monoisotopic (exact) mass is 661 g/mol. The van der Waals surface area contributed by atoms with E-state index in [0.29, 0.717) is 45.3 Å². The van der Waals surface area contributed by atoms with E-state index in [2.05, 4.69) is 21.3 Å². The summed E-state index contributed by atoms with van der Waals surface area (Å²) >= 11 is 0. The van der Waals surface area contributed by atoms with Gasteiger partial charge in [-0.25, -0.2) is 9.59 Å². The summed E-state index contributed by atoms with van der Waals surface area (Å²) in [4.78, 5) is 25.3. The van der Waals surface area contributed by atoms with Crippen LogP contribution in [-0.2, 0) is 31.1 Å². The molecule has 2 aromatic rings. The Labute approximate surface area is 262 Å². The number of carbonyl (C=O) groups is 2. The van der Waals surface area contributed by atoms with Crippen LogP contribution in [0.25, 0.3) is 0 Å². The first-order chi connectivity index (χ1) is 20.8. The van der Waals surface area contributed by atoms with E-state index in [9.17, 15) is 35.5 Å². The van der Waals surface area contributed by atoms with Crippen LogP contribution < -0.4 is 26.2 Å². The van der Waals surface area contributed by atoms with Crippen molar-refractivity contribution in [2.45, 2.75) is 38.5 Å². The molecule has 2 heterocycles. The van der Waals surface area contributed by atoms with Crippen LogP contribution in [0.4, 0.5) is 32.3 Å². The number of rotatable bonds is 8. The lowest BCUT2D eigenvalue weighted by Crippen LogP contribution is -2.31. The molecule has 4 rings (SSSR count). The molecule has 242 valence electrons. The molecule has 14 nitrogen and oxygen atoms in total. The normalized spacial score (nSPS) is 17.8. The summed E-state index contributed by atoms with van der Waals surface area (Å²) in [5.74, 6) is -1.45. The maximum absolute atomic E-state index is 12.1. The van der Waals surface area contributed by atoms with Gasteiger partial charge < -0.3 is 26.2 Å². The number of nitrogens with zero attached hydrogens (tertiary/aromatic N) is 2. The molecule has 0 unspecified atom stereocenters. The Morgan fingerprint density at radius 2 is 1.40 bits per heavy atom. The maximum Gasteiger partial charge on any atom is 0.326 e. The van der Waals surface area contributed by atoms with Crippen molar-refractivity contribution in [2.24, 2.45) is 0 Å². The molecule has 0 saturated carbocycles. The van der Waals surface area contributed by atoms with Gasteiger partial charge in [0, 0.05) is 60.0 Å². The third-order valence-corrected chi connectivity index (χ3v) is 9.02. The van der Waals surface area contributed by atoms with Gasteiger partial charge in [0.2, 0.25) is 5.69 Å². The van der Waals surface area contributed by atoms with Gasteiger partial charge in [-0.15, -0.1) is 0 Å². The number of hydrogen-bond donors (Lipinski definition) is 6. The molecule has 2 aromatic carbocycles. The fourth-order valence-corrected chi connectivity index (χ4v) is 6.94. The minimum atomic E-state index is -4.47. The smallest absolute Gasteiger partial charge is 0.326 e. The molecule has 4 amide bonds. The van der Waals surface area contributed by atoms with Crippen LogP contribution in [0.1, 0.15) is 38.8 Å². The van der Waals surface area contributed by atoms with Gasteiger partial charge in [-0.2, -0.15) is 21.4 Å². The van der Waals surface area contributed by atoms with Crippen LogP contribution in [-0.4, -0.2) is 74.1 Å². The van der Waals surface area contributed by atoms with Gasteiger partial charge in [0.1, 0.15) is 0 Å². The zero-order chi connectivity index (χ0) is 33.5. The lowest BCUT2D eigenvalue weighted by atomic mass is 9.81. The van der Waals surface area contributed by atoms with E-state index in [1.165, 1.54) is 23.6 Å². The highest BCUT2D eigenvalue weighted by molar-refractivity contribution is 7.86. The van der Waals surface area contributed by atoms with E-state index in [0.717, 1.165) is 0 Å². The number of fused-ring (bicyclic) bond motifs is 2. The number of hydrogen-bond acceptors (Lipinski definition) is 7. The Balaban J connectivity index is 1.81. The standard InChI is InChI=1S/C29H36N6O8S2/c1-28(2)20-14-18(32-26(36)30-5)10-12-22(20)34(16-44(38,39)40)24(28)8-7-9-25-29(3,4)21-15-19(33-27(37)31-6)11-13-23(21)35(25)17-45(41,42)43/h7-15H,16-17H2,1-6H3,(H5-,30,31,32,33,36,37,38,39,40,41,42,43)/p+1. The molecule has 2 aliphatic heterocycles. The first-order valence-electron chi connectivity index (χ1n) is 13.8. The van der Waals surface area contributed by atoms with Gasteiger partial charge in [0.05, 0.1) is 5.41 Å². The van der Waals surface area contributed by atoms with Gasteiger partial charge >= 0.3 is 22.2 Å². The number of benzene rings is 2. The largest absolute Gasteiger partial charge is 0.341 e. The Hall–Kier alpha value is -4.25. The number of allylic oxidation sites excluding steroid dienone is 4. The van der Waals surface area contributed by atoms with Crippen molar-refractivity contribution >= 4 is 60.8 Å². The first-order valence-corrected chi connectivity index (χ1v) is 17.0. The van der Waals surface area contributed by atoms with Crippen LogP contribution in [0.15, 0.2) is 60.3 Å². The molecule has 45 heavy (non-hydrogen) atoms. The minimum Gasteiger partial charge on any atom is -0.341 e. The second-order valence-electron chi connectivity index (χ2n) is 11.7. The predicted octanol–water partition coefficient (Wildman–Crippen LogP) is 3.49. The van der Waals surface area contributed by atoms with Gasteiger partial charge in [-0.05, 0) is 55.8 Å². The van der Waals surface area contributed by atoms with Gasteiger partial charge in [0.15, 0.2) is 11.6 Å². The van der Waals surface area contributed by atoms with E-state index < -0.39 is 54.9 Å². The molecule has 0 bridgehead atoms. The van der Waals surface area contributed by atoms with Crippen molar-refractivity contribution in [3.05, 3.63) is 71.5 Å². The topological polar surface area (TPSA) is 197 Å². The fourth-order valence-electron chi connectivity index (χ4n) is 5.73. The van der Waals surface area contributed by atoms with E-state index >= 15 is 0 Å². The Bertz CT molecular complexity index is 1880. The lowest BCUT2D eigenvalue weighted by Gasteiger charge is -2.25. The zero-order valence-electron chi connectivity index (χ0n) is 25.7. The summed E-state index contributed by atoms with van der Waals surface area (Å²) in [7, 11) is -5.97. The SMILES string of the molecule is CNC(=O)Nc1ccc2c(c1)C(C)(C)C(=CC=CC1=[N+](CS(=O)(=O)O)c3ccc(NC(=O)NC)cc3C1(C)C)N2CS(=O)(=O)O. The molecule has 0 radical (unpaired) electrons. The Morgan fingerprint density at radius 1 is 0.844 bits per heavy atom. The first kappa shape index (κ1) is 33.6. The minimum absolute atomic E-state index is 0.428. The average molecular weight is 662 g/mol. The molecule has 0 spiro atoms. The fraction of sp³-hybridized carbons (Fsp3) is 0.345. The molecule has 2 aliphatic rings. The number of carbonyl (C=O) groups excluding carboxylic acids is 2. The van der Waals surface area contributed by atoms with E-state index in [1.54, 1.807) is 54.6 Å². The molecule has 16 heteroatoms. The van der Waals surface area contributed by atoms with E-state index in [-0.39, 0.29) is 0 Å². The van der Waals surface area contributed by atoms with Crippen LogP contribution >= 0.6 is 0 Å². The third kappa shape index (κ3) is 7.03. The second kappa shape index (κ2) is 11.9. The maximum atomic E-state index is 12.1. The molecular formula is C29H37N6O8S2+. The van der Waals surface area contributed by atoms with E-state index in [1.807, 2.05) is 27.7 Å². The molecule has 0 aromatic heterocycles. The molecular weight excluding hydrogens is 624 g/mol. The molecule has 0 fully saturated rings. The summed E-state index contributed by atoms with van der Waals surface area (Å²) in [5, 5.41) is 10.4. The number of anilines is 3. The molecule has 0 aliphatic carbocycles. The average Bonchev–Trinajstić information content (AvgIpc) is 3.25. The van der Waals surface area contributed by atoms with Gasteiger partial charge in [-0.3, -0.25) is 9.11 Å². The Kier molecular flexibility index (Phi) is 8.91. The molecule has 0 atom stereocenters. The Morgan fingerprint density at radius 3 is 1.93 bits per heavy atom. The van der Waals surface area contributed by atoms with Crippen molar-refractivity contribution in [1.82, 2.24) is 10.6 Å². The van der Waals surface area contributed by atoms with Crippen LogP contribution in [0.3, 0.4) is 0 Å². The highest BCUT2D eigenvalue weighted by Crippen LogP contribution is 2.49. The highest BCUT2D eigenvalue weighted by Gasteiger charge is 2.46.